The van der Waals surface area contributed by atoms with Crippen LogP contribution in [0.1, 0.15) is 34.9 Å². The summed E-state index contributed by atoms with van der Waals surface area (Å²) in [6.07, 6.45) is 2.15. The van der Waals surface area contributed by atoms with Gasteiger partial charge in [0.1, 0.15) is 5.82 Å². The lowest BCUT2D eigenvalue weighted by Crippen LogP contribution is -1.99. The second-order valence-electron chi connectivity index (χ2n) is 4.50. The molecule has 1 N–H and O–H groups in total. The van der Waals surface area contributed by atoms with E-state index < -0.39 is 6.10 Å². The molecule has 1 aromatic carbocycles. The Kier molecular flexibility index (Phi) is 4.50. The van der Waals surface area contributed by atoms with E-state index in [1.807, 2.05) is 6.07 Å². The van der Waals surface area contributed by atoms with E-state index in [1.54, 1.807) is 30.4 Å². The molecule has 1 aromatic heterocycles. The van der Waals surface area contributed by atoms with Crippen molar-refractivity contribution in [2.45, 2.75) is 32.3 Å². The van der Waals surface area contributed by atoms with Crippen LogP contribution in [0.2, 0.25) is 0 Å². The quantitative estimate of drug-likeness (QED) is 0.856. The van der Waals surface area contributed by atoms with Crippen molar-refractivity contribution < 1.29 is 9.50 Å². The Morgan fingerprint density at radius 1 is 1.33 bits per heavy atom. The van der Waals surface area contributed by atoms with Gasteiger partial charge in [-0.1, -0.05) is 18.2 Å². The Morgan fingerprint density at radius 2 is 2.17 bits per heavy atom. The van der Waals surface area contributed by atoms with Crippen molar-refractivity contribution in [3.8, 4) is 0 Å². The first-order valence-electron chi connectivity index (χ1n) is 6.13. The van der Waals surface area contributed by atoms with Crippen LogP contribution in [0.15, 0.2) is 35.7 Å². The van der Waals surface area contributed by atoms with E-state index in [0.717, 1.165) is 18.4 Å². The fourth-order valence-electron chi connectivity index (χ4n) is 1.97. The Labute approximate surface area is 111 Å². The minimum atomic E-state index is -0.496. The van der Waals surface area contributed by atoms with Crippen molar-refractivity contribution in [2.24, 2.45) is 0 Å². The first-order valence-corrected chi connectivity index (χ1v) is 7.01. The molecule has 2 aromatic rings. The Balaban J connectivity index is 1.87. The van der Waals surface area contributed by atoms with Crippen molar-refractivity contribution in [3.63, 3.8) is 0 Å². The van der Waals surface area contributed by atoms with E-state index in [-0.39, 0.29) is 5.82 Å². The third kappa shape index (κ3) is 3.40. The predicted molar refractivity (Wildman–Crippen MR) is 73.4 cm³/mol. The lowest BCUT2D eigenvalue weighted by atomic mass is 10.0. The molecule has 0 spiro atoms. The number of hydrogen-bond acceptors (Lipinski definition) is 2. The number of benzene rings is 1. The topological polar surface area (TPSA) is 20.2 Å². The van der Waals surface area contributed by atoms with E-state index in [2.05, 4.69) is 11.4 Å². The second-order valence-corrected chi connectivity index (χ2v) is 5.53. The molecule has 96 valence electrons. The van der Waals surface area contributed by atoms with E-state index >= 15 is 0 Å². The largest absolute Gasteiger partial charge is 0.388 e. The molecular weight excluding hydrogens is 247 g/mol. The van der Waals surface area contributed by atoms with Crippen LogP contribution in [-0.4, -0.2) is 5.11 Å². The number of thiophene rings is 1. The van der Waals surface area contributed by atoms with Crippen molar-refractivity contribution in [2.75, 3.05) is 0 Å². The average molecular weight is 264 g/mol. The third-order valence-corrected chi connectivity index (χ3v) is 3.98. The van der Waals surface area contributed by atoms with Gasteiger partial charge < -0.3 is 5.11 Å². The lowest BCUT2D eigenvalue weighted by molar-refractivity contribution is 0.164. The summed E-state index contributed by atoms with van der Waals surface area (Å²) in [6, 6.07) is 8.97. The lowest BCUT2D eigenvalue weighted by Gasteiger charge is -2.11. The molecule has 0 fully saturated rings. The van der Waals surface area contributed by atoms with Gasteiger partial charge >= 0.3 is 0 Å². The number of aliphatic hydroxyl groups excluding tert-OH is 1. The highest BCUT2D eigenvalue weighted by Crippen LogP contribution is 2.22. The summed E-state index contributed by atoms with van der Waals surface area (Å²) in [5, 5.41) is 12.1. The third-order valence-electron chi connectivity index (χ3n) is 3.05. The van der Waals surface area contributed by atoms with Gasteiger partial charge in [-0.3, -0.25) is 0 Å². The molecule has 0 aliphatic rings. The van der Waals surface area contributed by atoms with Crippen molar-refractivity contribution >= 4 is 11.3 Å². The Morgan fingerprint density at radius 3 is 2.83 bits per heavy atom. The summed E-state index contributed by atoms with van der Waals surface area (Å²) in [4.78, 5) is 1.34. The van der Waals surface area contributed by atoms with Gasteiger partial charge in [0, 0.05) is 4.88 Å². The monoisotopic (exact) mass is 264 g/mol. The number of aryl methyl sites for hydroxylation is 2. The van der Waals surface area contributed by atoms with Gasteiger partial charge in [-0.2, -0.15) is 0 Å². The van der Waals surface area contributed by atoms with Gasteiger partial charge in [-0.15, -0.1) is 11.3 Å². The molecule has 2 rings (SSSR count). The summed E-state index contributed by atoms with van der Waals surface area (Å²) in [5.41, 5.74) is 1.39. The van der Waals surface area contributed by atoms with Crippen LogP contribution < -0.4 is 0 Å². The van der Waals surface area contributed by atoms with Gasteiger partial charge in [0.15, 0.2) is 0 Å². The molecule has 0 bridgehead atoms. The maximum absolute atomic E-state index is 13.1. The highest BCUT2D eigenvalue weighted by Gasteiger charge is 2.09. The molecule has 0 aliphatic carbocycles. The maximum Gasteiger partial charge on any atom is 0.126 e. The fourth-order valence-corrected chi connectivity index (χ4v) is 2.72. The zero-order valence-corrected chi connectivity index (χ0v) is 11.2. The van der Waals surface area contributed by atoms with E-state index in [1.165, 1.54) is 10.9 Å². The summed E-state index contributed by atoms with van der Waals surface area (Å²) < 4.78 is 13.1. The molecule has 0 saturated carbocycles. The van der Waals surface area contributed by atoms with E-state index in [0.29, 0.717) is 12.0 Å². The number of hydrogen-bond donors (Lipinski definition) is 1. The van der Waals surface area contributed by atoms with Crippen LogP contribution in [0.5, 0.6) is 0 Å². The molecule has 0 radical (unpaired) electrons. The Hall–Kier alpha value is -1.19. The van der Waals surface area contributed by atoms with Gasteiger partial charge in [0.05, 0.1) is 6.10 Å². The maximum atomic E-state index is 13.1. The Bertz CT molecular complexity index is 493. The normalized spacial score (nSPS) is 12.6. The minimum absolute atomic E-state index is 0.218. The minimum Gasteiger partial charge on any atom is -0.388 e. The summed E-state index contributed by atoms with van der Waals surface area (Å²) in [6.45, 7) is 1.72. The van der Waals surface area contributed by atoms with Crippen molar-refractivity contribution in [1.82, 2.24) is 0 Å². The first-order chi connectivity index (χ1) is 8.66. The average Bonchev–Trinajstić information content (AvgIpc) is 2.85. The second kappa shape index (κ2) is 6.12. The zero-order chi connectivity index (χ0) is 13.0. The predicted octanol–water partition coefficient (Wildman–Crippen LogP) is 4.25. The summed E-state index contributed by atoms with van der Waals surface area (Å²) >= 11 is 1.74. The zero-order valence-electron chi connectivity index (χ0n) is 10.4. The standard InChI is InChI=1S/C15H17FOS/c1-11-10-12(7-8-14(11)16)15(17)6-2-4-13-5-3-9-18-13/h3,5,7-10,15,17H,2,4,6H2,1H3. The van der Waals surface area contributed by atoms with Gasteiger partial charge in [0.25, 0.3) is 0 Å². The highest BCUT2D eigenvalue weighted by molar-refractivity contribution is 7.09. The number of aliphatic hydroxyl groups is 1. The SMILES string of the molecule is Cc1cc(C(O)CCCc2cccs2)ccc1F. The van der Waals surface area contributed by atoms with Crippen LogP contribution in [0, 0.1) is 12.7 Å². The van der Waals surface area contributed by atoms with Gasteiger partial charge in [-0.25, -0.2) is 4.39 Å². The van der Waals surface area contributed by atoms with Crippen molar-refractivity contribution in [1.29, 1.82) is 0 Å². The molecule has 0 saturated heterocycles. The summed E-state index contributed by atoms with van der Waals surface area (Å²) in [5.74, 6) is -0.218. The number of halogens is 1. The summed E-state index contributed by atoms with van der Waals surface area (Å²) in [7, 11) is 0. The molecule has 0 amide bonds. The van der Waals surface area contributed by atoms with E-state index in [4.69, 9.17) is 0 Å². The molecule has 1 nitrogen and oxygen atoms in total. The van der Waals surface area contributed by atoms with Gasteiger partial charge in [0.2, 0.25) is 0 Å². The molecule has 18 heavy (non-hydrogen) atoms. The molecule has 3 heteroatoms. The number of rotatable bonds is 5. The molecule has 1 unspecified atom stereocenters. The molecule has 0 aliphatic heterocycles. The van der Waals surface area contributed by atoms with Gasteiger partial charge in [-0.05, 0) is 54.8 Å². The van der Waals surface area contributed by atoms with Crippen LogP contribution in [0.4, 0.5) is 4.39 Å². The van der Waals surface area contributed by atoms with Crippen molar-refractivity contribution in [3.05, 3.63) is 57.5 Å². The molecule has 1 heterocycles. The first kappa shape index (κ1) is 13.2. The van der Waals surface area contributed by atoms with Crippen LogP contribution in [-0.2, 0) is 6.42 Å². The van der Waals surface area contributed by atoms with Crippen LogP contribution in [0.25, 0.3) is 0 Å². The van der Waals surface area contributed by atoms with Crippen LogP contribution >= 0.6 is 11.3 Å². The van der Waals surface area contributed by atoms with Crippen LogP contribution in [0.3, 0.4) is 0 Å². The highest BCUT2D eigenvalue weighted by atomic mass is 32.1. The molecular formula is C15H17FOS. The van der Waals surface area contributed by atoms with E-state index in [9.17, 15) is 9.50 Å². The smallest absolute Gasteiger partial charge is 0.126 e. The fraction of sp³-hybridized carbons (Fsp3) is 0.333. The molecule has 1 atom stereocenters.